The lowest BCUT2D eigenvalue weighted by Gasteiger charge is -2.20. The number of ether oxygens (including phenoxy) is 1. The summed E-state index contributed by atoms with van der Waals surface area (Å²) in [6.45, 7) is 1.34. The molecule has 1 atom stereocenters. The van der Waals surface area contributed by atoms with Crippen molar-refractivity contribution in [3.63, 3.8) is 0 Å². The Kier molecular flexibility index (Phi) is 6.49. The van der Waals surface area contributed by atoms with Crippen LogP contribution < -0.4 is 15.8 Å². The number of pyridine rings is 1. The van der Waals surface area contributed by atoms with E-state index in [2.05, 4.69) is 10.3 Å². The SMILES string of the molecule is Nc1nccc2ccc(OC(C(=O)Nc3ccc(C(=O)N4CCCC4)cc3F)c3ccccc3)cc12. The number of carbonyl (C=O) groups excluding carboxylic acids is 2. The molecule has 4 aromatic rings. The van der Waals surface area contributed by atoms with Gasteiger partial charge in [0.25, 0.3) is 11.8 Å². The summed E-state index contributed by atoms with van der Waals surface area (Å²) in [5.41, 5.74) is 6.82. The first kappa shape index (κ1) is 23.3. The number of nitrogens with one attached hydrogen (secondary N) is 1. The molecule has 182 valence electrons. The predicted octanol–water partition coefficient (Wildman–Crippen LogP) is 4.95. The summed E-state index contributed by atoms with van der Waals surface area (Å²) in [6.07, 6.45) is 2.45. The zero-order chi connectivity index (χ0) is 25.1. The molecule has 36 heavy (non-hydrogen) atoms. The van der Waals surface area contributed by atoms with Gasteiger partial charge in [-0.05, 0) is 54.6 Å². The second kappa shape index (κ2) is 10.0. The number of anilines is 2. The van der Waals surface area contributed by atoms with E-state index in [0.717, 1.165) is 24.3 Å². The van der Waals surface area contributed by atoms with Crippen molar-refractivity contribution in [1.82, 2.24) is 9.88 Å². The van der Waals surface area contributed by atoms with Gasteiger partial charge in [0.05, 0.1) is 5.69 Å². The lowest BCUT2D eigenvalue weighted by atomic mass is 10.1. The number of benzene rings is 3. The van der Waals surface area contributed by atoms with E-state index >= 15 is 0 Å². The maximum Gasteiger partial charge on any atom is 0.270 e. The van der Waals surface area contributed by atoms with Gasteiger partial charge in [-0.25, -0.2) is 9.37 Å². The van der Waals surface area contributed by atoms with Gasteiger partial charge < -0.3 is 20.7 Å². The molecular weight excluding hydrogens is 459 g/mol. The van der Waals surface area contributed by atoms with Crippen molar-refractivity contribution in [2.75, 3.05) is 24.1 Å². The van der Waals surface area contributed by atoms with Crippen LogP contribution >= 0.6 is 0 Å². The van der Waals surface area contributed by atoms with Crippen LogP contribution in [0.1, 0.15) is 34.9 Å². The molecule has 0 spiro atoms. The molecule has 8 heteroatoms. The Balaban J connectivity index is 1.39. The van der Waals surface area contributed by atoms with Crippen molar-refractivity contribution in [3.8, 4) is 5.75 Å². The monoisotopic (exact) mass is 484 g/mol. The van der Waals surface area contributed by atoms with Crippen molar-refractivity contribution in [2.45, 2.75) is 18.9 Å². The smallest absolute Gasteiger partial charge is 0.270 e. The zero-order valence-electron chi connectivity index (χ0n) is 19.5. The van der Waals surface area contributed by atoms with Gasteiger partial charge in [-0.1, -0.05) is 36.4 Å². The number of carbonyl (C=O) groups is 2. The third kappa shape index (κ3) is 4.84. The molecule has 0 radical (unpaired) electrons. The molecule has 0 aliphatic carbocycles. The van der Waals surface area contributed by atoms with Crippen molar-refractivity contribution in [2.24, 2.45) is 0 Å². The zero-order valence-corrected chi connectivity index (χ0v) is 19.5. The third-order valence-corrected chi connectivity index (χ3v) is 6.23. The van der Waals surface area contributed by atoms with E-state index in [0.29, 0.717) is 35.6 Å². The fourth-order valence-corrected chi connectivity index (χ4v) is 4.33. The topological polar surface area (TPSA) is 97.5 Å². The number of nitrogen functional groups attached to an aromatic ring is 1. The molecule has 1 aliphatic rings. The molecule has 0 bridgehead atoms. The maximum absolute atomic E-state index is 14.9. The average Bonchev–Trinajstić information content (AvgIpc) is 3.44. The summed E-state index contributed by atoms with van der Waals surface area (Å²) in [6, 6.07) is 20.1. The summed E-state index contributed by atoms with van der Waals surface area (Å²) in [5.74, 6) is -0.690. The van der Waals surface area contributed by atoms with Crippen LogP contribution in [0.5, 0.6) is 5.75 Å². The molecule has 7 nitrogen and oxygen atoms in total. The number of aromatic nitrogens is 1. The van der Waals surface area contributed by atoms with Gasteiger partial charge in [-0.2, -0.15) is 0 Å². The lowest BCUT2D eigenvalue weighted by molar-refractivity contribution is -0.123. The summed E-state index contributed by atoms with van der Waals surface area (Å²) in [5, 5.41) is 4.20. The van der Waals surface area contributed by atoms with E-state index in [1.54, 1.807) is 47.5 Å². The van der Waals surface area contributed by atoms with E-state index in [4.69, 9.17) is 10.5 Å². The van der Waals surface area contributed by atoms with Gasteiger partial charge in [-0.15, -0.1) is 0 Å². The molecule has 1 unspecified atom stereocenters. The van der Waals surface area contributed by atoms with Crippen molar-refractivity contribution < 1.29 is 18.7 Å². The second-order valence-corrected chi connectivity index (χ2v) is 8.67. The number of halogens is 1. The molecule has 3 aromatic carbocycles. The predicted molar refractivity (Wildman–Crippen MR) is 136 cm³/mol. The molecule has 1 aliphatic heterocycles. The molecule has 1 saturated heterocycles. The number of amides is 2. The quantitative estimate of drug-likeness (QED) is 0.404. The normalized spacial score (nSPS) is 14.0. The van der Waals surface area contributed by atoms with Crippen LogP contribution in [0.15, 0.2) is 79.0 Å². The average molecular weight is 485 g/mol. The van der Waals surface area contributed by atoms with E-state index in [1.807, 2.05) is 18.2 Å². The molecule has 2 heterocycles. The highest BCUT2D eigenvalue weighted by atomic mass is 19.1. The highest BCUT2D eigenvalue weighted by Crippen LogP contribution is 2.29. The number of nitrogens with two attached hydrogens (primary N) is 1. The van der Waals surface area contributed by atoms with E-state index < -0.39 is 17.8 Å². The fraction of sp³-hybridized carbons (Fsp3) is 0.179. The van der Waals surface area contributed by atoms with Crippen molar-refractivity contribution >= 4 is 34.1 Å². The number of fused-ring (bicyclic) bond motifs is 1. The number of likely N-dealkylation sites (tertiary alicyclic amines) is 1. The van der Waals surface area contributed by atoms with Crippen LogP contribution in [0.3, 0.4) is 0 Å². The summed E-state index contributed by atoms with van der Waals surface area (Å²) < 4.78 is 21.0. The molecular formula is C28H25FN4O3. The van der Waals surface area contributed by atoms with Crippen LogP contribution in [0.4, 0.5) is 15.9 Å². The van der Waals surface area contributed by atoms with Crippen LogP contribution in [0, 0.1) is 5.82 Å². The Bertz CT molecular complexity index is 1420. The Morgan fingerprint density at radius 1 is 1.00 bits per heavy atom. The van der Waals surface area contributed by atoms with Crippen LogP contribution in [-0.2, 0) is 4.79 Å². The second-order valence-electron chi connectivity index (χ2n) is 8.67. The van der Waals surface area contributed by atoms with Gasteiger partial charge in [0.15, 0.2) is 0 Å². The van der Waals surface area contributed by atoms with Gasteiger partial charge in [0, 0.05) is 35.8 Å². The van der Waals surface area contributed by atoms with Crippen LogP contribution in [0.2, 0.25) is 0 Å². The Morgan fingerprint density at radius 2 is 1.78 bits per heavy atom. The number of rotatable bonds is 6. The molecule has 1 aromatic heterocycles. The first-order chi connectivity index (χ1) is 17.5. The maximum atomic E-state index is 14.9. The minimum absolute atomic E-state index is 0.0329. The van der Waals surface area contributed by atoms with Crippen molar-refractivity contribution in [3.05, 3.63) is 95.9 Å². The van der Waals surface area contributed by atoms with E-state index in [9.17, 15) is 14.0 Å². The number of nitrogens with zero attached hydrogens (tertiary/aromatic N) is 2. The Morgan fingerprint density at radius 3 is 2.53 bits per heavy atom. The van der Waals surface area contributed by atoms with Crippen molar-refractivity contribution in [1.29, 1.82) is 0 Å². The molecule has 0 saturated carbocycles. The number of hydrogen-bond donors (Lipinski definition) is 2. The number of hydrogen-bond acceptors (Lipinski definition) is 5. The third-order valence-electron chi connectivity index (χ3n) is 6.23. The van der Waals surface area contributed by atoms with Crippen LogP contribution in [-0.4, -0.2) is 34.8 Å². The van der Waals surface area contributed by atoms with E-state index in [1.165, 1.54) is 12.1 Å². The fourth-order valence-electron chi connectivity index (χ4n) is 4.33. The molecule has 3 N–H and O–H groups in total. The lowest BCUT2D eigenvalue weighted by Crippen LogP contribution is -2.28. The minimum atomic E-state index is -1.06. The standard InChI is InChI=1S/C28H25FN4O3/c29-23-16-20(28(35)33-14-4-5-15-33)9-11-24(23)32-27(34)25(19-6-2-1-3-7-19)36-21-10-8-18-12-13-31-26(30)22(18)17-21/h1-3,6-13,16-17,25H,4-5,14-15H2,(H2,30,31)(H,32,34). The van der Waals surface area contributed by atoms with Gasteiger partial charge in [-0.3, -0.25) is 9.59 Å². The summed E-state index contributed by atoms with van der Waals surface area (Å²) in [4.78, 5) is 31.7. The van der Waals surface area contributed by atoms with E-state index in [-0.39, 0.29) is 17.2 Å². The largest absolute Gasteiger partial charge is 0.476 e. The Labute approximate surface area is 207 Å². The molecule has 2 amide bonds. The molecule has 5 rings (SSSR count). The van der Waals surface area contributed by atoms with Crippen LogP contribution in [0.25, 0.3) is 10.8 Å². The highest BCUT2D eigenvalue weighted by molar-refractivity contribution is 5.98. The first-order valence-corrected chi connectivity index (χ1v) is 11.7. The highest BCUT2D eigenvalue weighted by Gasteiger charge is 2.25. The Hall–Kier alpha value is -4.46. The summed E-state index contributed by atoms with van der Waals surface area (Å²) in [7, 11) is 0. The molecule has 1 fully saturated rings. The van der Waals surface area contributed by atoms with Gasteiger partial charge >= 0.3 is 0 Å². The van der Waals surface area contributed by atoms with Gasteiger partial charge in [0.1, 0.15) is 17.4 Å². The minimum Gasteiger partial charge on any atom is -0.476 e. The van der Waals surface area contributed by atoms with Gasteiger partial charge in [0.2, 0.25) is 6.10 Å². The first-order valence-electron chi connectivity index (χ1n) is 11.7. The summed E-state index contributed by atoms with van der Waals surface area (Å²) >= 11 is 0.